The molecule has 0 aliphatic heterocycles. The zero-order chi connectivity index (χ0) is 24.1. The molecule has 180 valence electrons. The van der Waals surface area contributed by atoms with Gasteiger partial charge in [-0.05, 0) is 79.7 Å². The summed E-state index contributed by atoms with van der Waals surface area (Å²) in [6, 6.07) is 15.6. The number of aryl methyl sites for hydroxylation is 1. The first kappa shape index (κ1) is 24.2. The van der Waals surface area contributed by atoms with Crippen molar-refractivity contribution in [3.05, 3.63) is 83.2 Å². The summed E-state index contributed by atoms with van der Waals surface area (Å²) in [6.07, 6.45) is 4.05. The number of hydrogen-bond donors (Lipinski definition) is 0. The monoisotopic (exact) mass is 468 g/mol. The maximum absolute atomic E-state index is 15.0. The fourth-order valence-electron chi connectivity index (χ4n) is 4.73. The first-order valence-electron chi connectivity index (χ1n) is 12.1. The Morgan fingerprint density at radius 1 is 0.794 bits per heavy atom. The lowest BCUT2D eigenvalue weighted by atomic mass is 9.78. The van der Waals surface area contributed by atoms with Crippen molar-refractivity contribution in [1.29, 1.82) is 0 Å². The Bertz CT molecular complexity index is 1100. The van der Waals surface area contributed by atoms with Crippen molar-refractivity contribution in [3.63, 3.8) is 0 Å². The smallest absolute Gasteiger partial charge is 0.168 e. The van der Waals surface area contributed by atoms with Crippen LogP contribution in [0.4, 0.5) is 13.2 Å². The highest BCUT2D eigenvalue weighted by Crippen LogP contribution is 2.39. The summed E-state index contributed by atoms with van der Waals surface area (Å²) in [4.78, 5) is 0. The fourth-order valence-corrected chi connectivity index (χ4v) is 4.73. The van der Waals surface area contributed by atoms with Gasteiger partial charge in [-0.15, -0.1) is 0 Å². The number of ether oxygens (including phenoxy) is 2. The van der Waals surface area contributed by atoms with Crippen molar-refractivity contribution < 1.29 is 22.6 Å². The molecule has 0 bridgehead atoms. The van der Waals surface area contributed by atoms with E-state index in [0.717, 1.165) is 37.7 Å². The average Bonchev–Trinajstić information content (AvgIpc) is 2.86. The van der Waals surface area contributed by atoms with Crippen LogP contribution in [0.2, 0.25) is 0 Å². The van der Waals surface area contributed by atoms with Gasteiger partial charge in [0.2, 0.25) is 0 Å². The highest BCUT2D eigenvalue weighted by atomic mass is 19.2. The Balaban J connectivity index is 1.36. The van der Waals surface area contributed by atoms with Gasteiger partial charge in [0.05, 0.1) is 13.2 Å². The minimum absolute atomic E-state index is 0.0236. The van der Waals surface area contributed by atoms with E-state index in [0.29, 0.717) is 35.7 Å². The summed E-state index contributed by atoms with van der Waals surface area (Å²) >= 11 is 0. The van der Waals surface area contributed by atoms with E-state index in [-0.39, 0.29) is 17.6 Å². The molecule has 0 radical (unpaired) electrons. The van der Waals surface area contributed by atoms with Crippen LogP contribution in [-0.4, -0.2) is 13.2 Å². The van der Waals surface area contributed by atoms with Crippen molar-refractivity contribution in [2.24, 2.45) is 5.92 Å². The van der Waals surface area contributed by atoms with Crippen molar-refractivity contribution in [1.82, 2.24) is 0 Å². The van der Waals surface area contributed by atoms with Gasteiger partial charge in [-0.25, -0.2) is 13.2 Å². The van der Waals surface area contributed by atoms with Crippen LogP contribution in [0.3, 0.4) is 0 Å². The zero-order valence-electron chi connectivity index (χ0n) is 19.8. The molecular formula is C29H31F3O2. The largest absolute Gasteiger partial charge is 0.494 e. The Morgan fingerprint density at radius 3 is 2.18 bits per heavy atom. The number of rotatable bonds is 8. The normalized spacial score (nSPS) is 18.0. The summed E-state index contributed by atoms with van der Waals surface area (Å²) in [5.41, 5.74) is 2.58. The third-order valence-electron chi connectivity index (χ3n) is 6.76. The molecular weight excluding hydrogens is 437 g/mol. The number of halogens is 3. The average molecular weight is 469 g/mol. The molecule has 1 fully saturated rings. The number of benzene rings is 3. The Hall–Kier alpha value is -2.95. The van der Waals surface area contributed by atoms with Crippen molar-refractivity contribution in [2.45, 2.75) is 51.9 Å². The van der Waals surface area contributed by atoms with Crippen LogP contribution in [0, 0.1) is 23.4 Å². The van der Waals surface area contributed by atoms with Crippen LogP contribution in [0.25, 0.3) is 11.1 Å². The summed E-state index contributed by atoms with van der Waals surface area (Å²) in [5.74, 6) is -1.05. The lowest BCUT2D eigenvalue weighted by Gasteiger charge is -2.29. The molecule has 1 aliphatic carbocycles. The van der Waals surface area contributed by atoms with Gasteiger partial charge in [0.25, 0.3) is 0 Å². The lowest BCUT2D eigenvalue weighted by molar-refractivity contribution is 0.193. The first-order valence-corrected chi connectivity index (χ1v) is 12.1. The second kappa shape index (κ2) is 11.0. The molecule has 0 heterocycles. The molecule has 0 unspecified atom stereocenters. The molecule has 4 rings (SSSR count). The predicted molar refractivity (Wildman–Crippen MR) is 129 cm³/mol. The summed E-state index contributed by atoms with van der Waals surface area (Å²) < 4.78 is 55.2. The van der Waals surface area contributed by atoms with E-state index >= 15 is 4.39 Å². The molecule has 1 aliphatic rings. The first-order chi connectivity index (χ1) is 16.5. The van der Waals surface area contributed by atoms with Crippen molar-refractivity contribution in [3.8, 4) is 22.6 Å². The van der Waals surface area contributed by atoms with Crippen LogP contribution in [0.5, 0.6) is 11.5 Å². The molecule has 0 atom stereocenters. The summed E-state index contributed by atoms with van der Waals surface area (Å²) in [7, 11) is 0. The van der Waals surface area contributed by atoms with E-state index in [1.165, 1.54) is 6.07 Å². The quantitative estimate of drug-likeness (QED) is 0.333. The van der Waals surface area contributed by atoms with E-state index < -0.39 is 17.5 Å². The highest BCUT2D eigenvalue weighted by molar-refractivity contribution is 5.65. The van der Waals surface area contributed by atoms with Crippen LogP contribution >= 0.6 is 0 Å². The maximum Gasteiger partial charge on any atom is 0.168 e. The third-order valence-corrected chi connectivity index (χ3v) is 6.76. The molecule has 1 saturated carbocycles. The molecule has 34 heavy (non-hydrogen) atoms. The fraction of sp³-hybridized carbons (Fsp3) is 0.379. The Kier molecular flexibility index (Phi) is 7.81. The summed E-state index contributed by atoms with van der Waals surface area (Å²) in [5, 5.41) is 0. The summed E-state index contributed by atoms with van der Waals surface area (Å²) in [6.45, 7) is 4.78. The van der Waals surface area contributed by atoms with Gasteiger partial charge in [-0.2, -0.15) is 0 Å². The minimum atomic E-state index is -0.779. The van der Waals surface area contributed by atoms with Gasteiger partial charge >= 0.3 is 0 Å². The second-order valence-corrected chi connectivity index (χ2v) is 8.93. The van der Waals surface area contributed by atoms with Crippen LogP contribution in [-0.2, 0) is 6.42 Å². The molecule has 5 heteroatoms. The maximum atomic E-state index is 15.0. The van der Waals surface area contributed by atoms with E-state index in [1.807, 2.05) is 31.2 Å². The third kappa shape index (κ3) is 5.40. The second-order valence-electron chi connectivity index (χ2n) is 8.93. The molecule has 0 spiro atoms. The molecule has 0 amide bonds. The van der Waals surface area contributed by atoms with Gasteiger partial charge in [0.15, 0.2) is 23.2 Å². The molecule has 0 N–H and O–H groups in total. The Morgan fingerprint density at radius 2 is 1.53 bits per heavy atom. The van der Waals surface area contributed by atoms with E-state index in [4.69, 9.17) is 9.47 Å². The van der Waals surface area contributed by atoms with Crippen LogP contribution < -0.4 is 9.47 Å². The SMILES string of the molecule is CCOc1ccc(OCC2CCC(c3ccc(-c4ccc(CC)cc4)c(F)c3F)CC2)c(F)c1. The van der Waals surface area contributed by atoms with Gasteiger partial charge in [-0.3, -0.25) is 0 Å². The van der Waals surface area contributed by atoms with Gasteiger partial charge < -0.3 is 9.47 Å². The molecule has 3 aromatic rings. The standard InChI is InChI=1S/C29H31F3O2/c1-3-19-5-9-21(10-6-19)24-14-15-25(29(32)28(24)31)22-11-7-20(8-12-22)18-34-27-16-13-23(33-4-2)17-26(27)30/h5-6,9-10,13-17,20,22H,3-4,7-8,11-12,18H2,1-2H3. The van der Waals surface area contributed by atoms with E-state index in [1.54, 1.807) is 24.3 Å². The van der Waals surface area contributed by atoms with E-state index in [9.17, 15) is 8.78 Å². The molecule has 3 aromatic carbocycles. The minimum Gasteiger partial charge on any atom is -0.494 e. The predicted octanol–water partition coefficient (Wildman–Crippen LogP) is 8.08. The Labute approximate surface area is 199 Å². The van der Waals surface area contributed by atoms with Crippen molar-refractivity contribution >= 4 is 0 Å². The van der Waals surface area contributed by atoms with Crippen molar-refractivity contribution in [2.75, 3.05) is 13.2 Å². The van der Waals surface area contributed by atoms with Crippen LogP contribution in [0.15, 0.2) is 54.6 Å². The molecule has 0 saturated heterocycles. The van der Waals surface area contributed by atoms with Gasteiger partial charge in [0, 0.05) is 11.6 Å². The van der Waals surface area contributed by atoms with Gasteiger partial charge in [-0.1, -0.05) is 43.3 Å². The molecule has 0 aromatic heterocycles. The van der Waals surface area contributed by atoms with Crippen LogP contribution in [0.1, 0.15) is 56.6 Å². The van der Waals surface area contributed by atoms with Gasteiger partial charge in [0.1, 0.15) is 5.75 Å². The molecule has 2 nitrogen and oxygen atoms in total. The lowest BCUT2D eigenvalue weighted by Crippen LogP contribution is -2.20. The zero-order valence-corrected chi connectivity index (χ0v) is 19.8. The topological polar surface area (TPSA) is 18.5 Å². The number of hydrogen-bond acceptors (Lipinski definition) is 2. The van der Waals surface area contributed by atoms with E-state index in [2.05, 4.69) is 6.92 Å². The highest BCUT2D eigenvalue weighted by Gasteiger charge is 2.27.